The Kier molecular flexibility index (Phi) is 2.06. The van der Waals surface area contributed by atoms with Crippen molar-refractivity contribution in [3.8, 4) is 0 Å². The normalized spacial score (nSPS) is 48.9. The molecule has 3 aliphatic rings. The Morgan fingerprint density at radius 3 is 2.77 bits per heavy atom. The number of hydrogen-bond acceptors (Lipinski definition) is 2. The SMILES string of the molecule is C1CC(CC2NC3CCC2C3)CN1. The van der Waals surface area contributed by atoms with Crippen LogP contribution in [0.15, 0.2) is 0 Å². The van der Waals surface area contributed by atoms with E-state index in [0.29, 0.717) is 0 Å². The van der Waals surface area contributed by atoms with Crippen molar-refractivity contribution in [1.82, 2.24) is 10.6 Å². The van der Waals surface area contributed by atoms with Crippen LogP contribution in [0.1, 0.15) is 32.1 Å². The van der Waals surface area contributed by atoms with Gasteiger partial charge < -0.3 is 10.6 Å². The fourth-order valence-corrected chi connectivity index (χ4v) is 3.51. The maximum Gasteiger partial charge on any atom is 0.0102 e. The number of fused-ring (bicyclic) bond motifs is 2. The molecule has 3 rings (SSSR count). The Bertz CT molecular complexity index is 187. The van der Waals surface area contributed by atoms with Crippen molar-refractivity contribution in [3.05, 3.63) is 0 Å². The van der Waals surface area contributed by atoms with Gasteiger partial charge in [0.05, 0.1) is 0 Å². The highest BCUT2D eigenvalue weighted by Crippen LogP contribution is 2.38. The number of hydrogen-bond donors (Lipinski definition) is 2. The molecule has 2 nitrogen and oxygen atoms in total. The second kappa shape index (κ2) is 3.25. The molecule has 13 heavy (non-hydrogen) atoms. The predicted molar refractivity (Wildman–Crippen MR) is 53.6 cm³/mol. The summed E-state index contributed by atoms with van der Waals surface area (Å²) in [4.78, 5) is 0. The second-order valence-electron chi connectivity index (χ2n) is 5.14. The van der Waals surface area contributed by atoms with Crippen LogP contribution < -0.4 is 10.6 Å². The highest BCUT2D eigenvalue weighted by molar-refractivity contribution is 4.97. The molecule has 3 fully saturated rings. The van der Waals surface area contributed by atoms with Crippen LogP contribution in [0.5, 0.6) is 0 Å². The fourth-order valence-electron chi connectivity index (χ4n) is 3.51. The van der Waals surface area contributed by atoms with E-state index in [1.54, 1.807) is 0 Å². The molecule has 0 spiro atoms. The van der Waals surface area contributed by atoms with Gasteiger partial charge in [0.25, 0.3) is 0 Å². The van der Waals surface area contributed by atoms with Crippen molar-refractivity contribution in [2.24, 2.45) is 11.8 Å². The summed E-state index contributed by atoms with van der Waals surface area (Å²) >= 11 is 0. The van der Waals surface area contributed by atoms with Gasteiger partial charge in [-0.3, -0.25) is 0 Å². The monoisotopic (exact) mass is 180 g/mol. The van der Waals surface area contributed by atoms with Crippen LogP contribution in [0.3, 0.4) is 0 Å². The van der Waals surface area contributed by atoms with Crippen LogP contribution in [0.4, 0.5) is 0 Å². The summed E-state index contributed by atoms with van der Waals surface area (Å²) in [6.45, 7) is 2.53. The second-order valence-corrected chi connectivity index (χ2v) is 5.14. The number of rotatable bonds is 2. The third-order valence-electron chi connectivity index (χ3n) is 4.24. The molecule has 0 aromatic heterocycles. The van der Waals surface area contributed by atoms with Crippen LogP contribution >= 0.6 is 0 Å². The highest BCUT2D eigenvalue weighted by Gasteiger charge is 2.39. The zero-order valence-electron chi connectivity index (χ0n) is 8.26. The molecule has 2 heteroatoms. The van der Waals surface area contributed by atoms with Gasteiger partial charge in [-0.2, -0.15) is 0 Å². The largest absolute Gasteiger partial charge is 0.316 e. The maximum atomic E-state index is 3.79. The van der Waals surface area contributed by atoms with Gasteiger partial charge in [0.15, 0.2) is 0 Å². The van der Waals surface area contributed by atoms with E-state index in [0.717, 1.165) is 23.9 Å². The molecule has 4 unspecified atom stereocenters. The van der Waals surface area contributed by atoms with E-state index in [2.05, 4.69) is 10.6 Å². The molecule has 2 saturated heterocycles. The van der Waals surface area contributed by atoms with Gasteiger partial charge in [0.2, 0.25) is 0 Å². The fraction of sp³-hybridized carbons (Fsp3) is 1.00. The van der Waals surface area contributed by atoms with Gasteiger partial charge in [-0.15, -0.1) is 0 Å². The van der Waals surface area contributed by atoms with Crippen molar-refractivity contribution in [3.63, 3.8) is 0 Å². The number of nitrogens with one attached hydrogen (secondary N) is 2. The quantitative estimate of drug-likeness (QED) is 0.665. The Hall–Kier alpha value is -0.0800. The van der Waals surface area contributed by atoms with Gasteiger partial charge in [-0.25, -0.2) is 0 Å². The van der Waals surface area contributed by atoms with Crippen LogP contribution in [-0.4, -0.2) is 25.2 Å². The van der Waals surface area contributed by atoms with Gasteiger partial charge >= 0.3 is 0 Å². The smallest absolute Gasteiger partial charge is 0.0102 e. The standard InChI is InChI=1S/C11H20N2/c1-2-10-6-9(1)11(13-10)5-8-3-4-12-7-8/h8-13H,1-7H2. The Labute approximate surface area is 80.5 Å². The summed E-state index contributed by atoms with van der Waals surface area (Å²) in [7, 11) is 0. The average Bonchev–Trinajstić information content (AvgIpc) is 2.77. The van der Waals surface area contributed by atoms with E-state index in [1.807, 2.05) is 0 Å². The molecule has 2 aliphatic heterocycles. The first-order valence-electron chi connectivity index (χ1n) is 5.88. The molecule has 4 atom stereocenters. The molecular formula is C11H20N2. The summed E-state index contributed by atoms with van der Waals surface area (Å²) in [5, 5.41) is 7.25. The third-order valence-corrected chi connectivity index (χ3v) is 4.24. The van der Waals surface area contributed by atoms with Crippen LogP contribution in [0.25, 0.3) is 0 Å². The lowest BCUT2D eigenvalue weighted by atomic mass is 9.90. The molecular weight excluding hydrogens is 160 g/mol. The van der Waals surface area contributed by atoms with Gasteiger partial charge in [-0.1, -0.05) is 0 Å². The van der Waals surface area contributed by atoms with Crippen molar-refractivity contribution in [2.45, 2.75) is 44.2 Å². The van der Waals surface area contributed by atoms with Crippen molar-refractivity contribution in [2.75, 3.05) is 13.1 Å². The van der Waals surface area contributed by atoms with Crippen molar-refractivity contribution in [1.29, 1.82) is 0 Å². The maximum absolute atomic E-state index is 3.79. The summed E-state index contributed by atoms with van der Waals surface area (Å²) in [6, 6.07) is 1.77. The molecule has 0 aromatic carbocycles. The third kappa shape index (κ3) is 1.50. The number of piperidine rings is 1. The van der Waals surface area contributed by atoms with Crippen LogP contribution in [0.2, 0.25) is 0 Å². The topological polar surface area (TPSA) is 24.1 Å². The van der Waals surface area contributed by atoms with E-state index in [1.165, 1.54) is 45.2 Å². The lowest BCUT2D eigenvalue weighted by Gasteiger charge is -2.25. The molecule has 2 heterocycles. The van der Waals surface area contributed by atoms with Crippen LogP contribution in [-0.2, 0) is 0 Å². The Morgan fingerprint density at radius 1 is 1.15 bits per heavy atom. The highest BCUT2D eigenvalue weighted by atomic mass is 15.0. The molecule has 1 saturated carbocycles. The van der Waals surface area contributed by atoms with E-state index >= 15 is 0 Å². The van der Waals surface area contributed by atoms with Crippen molar-refractivity contribution >= 4 is 0 Å². The lowest BCUT2D eigenvalue weighted by molar-refractivity contribution is 0.320. The summed E-state index contributed by atoms with van der Waals surface area (Å²) < 4.78 is 0. The van der Waals surface area contributed by atoms with Gasteiger partial charge in [0, 0.05) is 12.1 Å². The molecule has 0 amide bonds. The zero-order valence-corrected chi connectivity index (χ0v) is 8.26. The Balaban J connectivity index is 1.55. The first-order valence-corrected chi connectivity index (χ1v) is 5.88. The summed E-state index contributed by atoms with van der Waals surface area (Å²) in [5.74, 6) is 2.00. The minimum absolute atomic E-state index is 0.878. The first-order chi connectivity index (χ1) is 6.42. The average molecular weight is 180 g/mol. The van der Waals surface area contributed by atoms with E-state index < -0.39 is 0 Å². The zero-order chi connectivity index (χ0) is 8.67. The van der Waals surface area contributed by atoms with Gasteiger partial charge in [-0.05, 0) is 57.0 Å². The molecule has 0 aromatic rings. The van der Waals surface area contributed by atoms with Crippen LogP contribution in [0, 0.1) is 11.8 Å². The van der Waals surface area contributed by atoms with Gasteiger partial charge in [0.1, 0.15) is 0 Å². The molecule has 2 bridgehead atoms. The van der Waals surface area contributed by atoms with E-state index in [-0.39, 0.29) is 0 Å². The van der Waals surface area contributed by atoms with Crippen molar-refractivity contribution < 1.29 is 0 Å². The summed E-state index contributed by atoms with van der Waals surface area (Å²) in [5.41, 5.74) is 0. The minimum Gasteiger partial charge on any atom is -0.316 e. The summed E-state index contributed by atoms with van der Waals surface area (Å²) in [6.07, 6.45) is 7.28. The molecule has 2 N–H and O–H groups in total. The molecule has 74 valence electrons. The molecule has 1 aliphatic carbocycles. The Morgan fingerprint density at radius 2 is 2.15 bits per heavy atom. The predicted octanol–water partition coefficient (Wildman–Crippen LogP) is 1.13. The molecule has 0 radical (unpaired) electrons. The lowest BCUT2D eigenvalue weighted by Crippen LogP contribution is -2.37. The first kappa shape index (κ1) is 8.25. The van der Waals surface area contributed by atoms with E-state index in [4.69, 9.17) is 0 Å². The van der Waals surface area contributed by atoms with E-state index in [9.17, 15) is 0 Å². The minimum atomic E-state index is 0.878.